The Morgan fingerprint density at radius 2 is 1.86 bits per heavy atom. The van der Waals surface area contributed by atoms with E-state index in [1.54, 1.807) is 0 Å². The summed E-state index contributed by atoms with van der Waals surface area (Å²) in [6, 6.07) is 9.50. The number of hydrogen-bond donors (Lipinski definition) is 2. The molecule has 21 heavy (non-hydrogen) atoms. The topological polar surface area (TPSA) is 122 Å². The molecule has 0 fully saturated rings. The average Bonchev–Trinajstić information content (AvgIpc) is 2.47. The second kappa shape index (κ2) is 5.78. The van der Waals surface area contributed by atoms with Crippen molar-refractivity contribution >= 4 is 23.4 Å². The number of aromatic nitrogens is 1. The van der Waals surface area contributed by atoms with Gasteiger partial charge in [0.2, 0.25) is 0 Å². The van der Waals surface area contributed by atoms with Crippen LogP contribution >= 0.6 is 0 Å². The number of rotatable bonds is 4. The number of amides is 1. The summed E-state index contributed by atoms with van der Waals surface area (Å²) in [7, 11) is 0. The number of anilines is 1. The lowest BCUT2D eigenvalue weighted by Crippen LogP contribution is -2.15. The number of nitrogens with one attached hydrogen (secondary N) is 1. The number of carbonyl (C=O) groups excluding carboxylic acids is 1. The maximum atomic E-state index is 12.0. The summed E-state index contributed by atoms with van der Waals surface area (Å²) in [6.45, 7) is 0. The molecule has 0 spiro atoms. The Kier molecular flexibility index (Phi) is 3.89. The van der Waals surface area contributed by atoms with Gasteiger partial charge in [-0.25, -0.2) is 9.78 Å². The van der Waals surface area contributed by atoms with Crippen LogP contribution in [0.2, 0.25) is 0 Å². The molecule has 0 radical (unpaired) electrons. The third-order valence-corrected chi connectivity index (χ3v) is 2.56. The Labute approximate surface area is 118 Å². The van der Waals surface area contributed by atoms with Gasteiger partial charge >= 0.3 is 5.97 Å². The highest BCUT2D eigenvalue weighted by atomic mass is 16.6. The molecule has 1 aromatic heterocycles. The zero-order valence-corrected chi connectivity index (χ0v) is 10.5. The number of nitro groups is 1. The fourth-order valence-corrected chi connectivity index (χ4v) is 1.63. The Morgan fingerprint density at radius 1 is 1.14 bits per heavy atom. The van der Waals surface area contributed by atoms with E-state index in [4.69, 9.17) is 5.11 Å². The van der Waals surface area contributed by atoms with Crippen LogP contribution < -0.4 is 5.32 Å². The molecular formula is C13H9N3O5. The largest absolute Gasteiger partial charge is 0.477 e. The number of aromatic carboxylic acids is 1. The number of nitro benzene ring substituents is 1. The zero-order valence-electron chi connectivity index (χ0n) is 10.5. The van der Waals surface area contributed by atoms with E-state index >= 15 is 0 Å². The third-order valence-electron chi connectivity index (χ3n) is 2.56. The minimum atomic E-state index is -1.24. The Bertz CT molecular complexity index is 729. The summed E-state index contributed by atoms with van der Waals surface area (Å²) in [5.74, 6) is -1.98. The number of carboxylic acids is 1. The summed E-state index contributed by atoms with van der Waals surface area (Å²) in [4.78, 5) is 36.7. The second-order valence-electron chi connectivity index (χ2n) is 3.94. The van der Waals surface area contributed by atoms with Gasteiger partial charge in [0.05, 0.1) is 4.92 Å². The van der Waals surface area contributed by atoms with Crippen LogP contribution in [-0.2, 0) is 0 Å². The summed E-state index contributed by atoms with van der Waals surface area (Å²) in [5, 5.41) is 22.0. The van der Waals surface area contributed by atoms with Crippen LogP contribution in [0.25, 0.3) is 0 Å². The predicted octanol–water partition coefficient (Wildman–Crippen LogP) is 1.94. The van der Waals surface area contributed by atoms with Crippen molar-refractivity contribution in [1.82, 2.24) is 4.98 Å². The standard InChI is InChI=1S/C13H9N3O5/c17-12(8-4-1-2-6-10(8)16(20)21)15-11-7-3-5-9(14-11)13(18)19/h1-7H,(H,18,19)(H,14,15,17). The van der Waals surface area contributed by atoms with E-state index in [-0.39, 0.29) is 22.8 Å². The monoisotopic (exact) mass is 287 g/mol. The van der Waals surface area contributed by atoms with Gasteiger partial charge < -0.3 is 10.4 Å². The van der Waals surface area contributed by atoms with Crippen LogP contribution in [0.15, 0.2) is 42.5 Å². The van der Waals surface area contributed by atoms with Gasteiger partial charge in [-0.1, -0.05) is 18.2 Å². The number of carboxylic acid groups (broad SMARTS) is 1. The Morgan fingerprint density at radius 3 is 2.52 bits per heavy atom. The lowest BCUT2D eigenvalue weighted by Gasteiger charge is -2.05. The highest BCUT2D eigenvalue weighted by Gasteiger charge is 2.19. The summed E-state index contributed by atoms with van der Waals surface area (Å²) in [6.07, 6.45) is 0. The Hall–Kier alpha value is -3.29. The van der Waals surface area contributed by atoms with Crippen molar-refractivity contribution in [2.24, 2.45) is 0 Å². The molecule has 106 valence electrons. The molecular weight excluding hydrogens is 278 g/mol. The molecule has 1 amide bonds. The van der Waals surface area contributed by atoms with Crippen molar-refractivity contribution in [3.63, 3.8) is 0 Å². The normalized spacial score (nSPS) is 9.90. The molecule has 0 saturated heterocycles. The van der Waals surface area contributed by atoms with Crippen molar-refractivity contribution in [2.75, 3.05) is 5.32 Å². The molecule has 8 heteroatoms. The van der Waals surface area contributed by atoms with Gasteiger partial charge in [-0.15, -0.1) is 0 Å². The molecule has 0 saturated carbocycles. The van der Waals surface area contributed by atoms with Crippen molar-refractivity contribution in [3.8, 4) is 0 Å². The first-order valence-electron chi connectivity index (χ1n) is 5.74. The minimum Gasteiger partial charge on any atom is -0.477 e. The number of benzene rings is 1. The lowest BCUT2D eigenvalue weighted by atomic mass is 10.1. The van der Waals surface area contributed by atoms with Crippen molar-refractivity contribution in [3.05, 3.63) is 63.8 Å². The minimum absolute atomic E-state index is 0.00180. The number of carbonyl (C=O) groups is 2. The van der Waals surface area contributed by atoms with Crippen LogP contribution in [0.5, 0.6) is 0 Å². The number of hydrogen-bond acceptors (Lipinski definition) is 5. The highest BCUT2D eigenvalue weighted by molar-refractivity contribution is 6.06. The van der Waals surface area contributed by atoms with Gasteiger partial charge in [0.25, 0.3) is 11.6 Å². The Balaban J connectivity index is 2.28. The molecule has 0 unspecified atom stereocenters. The first-order valence-corrected chi connectivity index (χ1v) is 5.74. The predicted molar refractivity (Wildman–Crippen MR) is 72.2 cm³/mol. The molecule has 2 aromatic rings. The van der Waals surface area contributed by atoms with E-state index in [0.29, 0.717) is 0 Å². The van der Waals surface area contributed by atoms with E-state index in [1.807, 2.05) is 0 Å². The molecule has 0 bridgehead atoms. The van der Waals surface area contributed by atoms with Crippen molar-refractivity contribution < 1.29 is 19.6 Å². The van der Waals surface area contributed by atoms with Gasteiger partial charge in [0.15, 0.2) is 5.69 Å². The van der Waals surface area contributed by atoms with E-state index < -0.39 is 16.8 Å². The van der Waals surface area contributed by atoms with E-state index in [2.05, 4.69) is 10.3 Å². The molecule has 2 rings (SSSR count). The lowest BCUT2D eigenvalue weighted by molar-refractivity contribution is -0.385. The summed E-state index contributed by atoms with van der Waals surface area (Å²) in [5.41, 5.74) is -0.718. The summed E-state index contributed by atoms with van der Waals surface area (Å²) < 4.78 is 0. The SMILES string of the molecule is O=C(O)c1cccc(NC(=O)c2ccccc2[N+](=O)[O-])n1. The molecule has 1 aromatic carbocycles. The van der Waals surface area contributed by atoms with Crippen LogP contribution in [0.1, 0.15) is 20.8 Å². The molecule has 2 N–H and O–H groups in total. The van der Waals surface area contributed by atoms with E-state index in [9.17, 15) is 19.7 Å². The van der Waals surface area contributed by atoms with E-state index in [1.165, 1.54) is 42.5 Å². The quantitative estimate of drug-likeness (QED) is 0.654. The fraction of sp³-hybridized carbons (Fsp3) is 0. The van der Waals surface area contributed by atoms with Crippen molar-refractivity contribution in [1.29, 1.82) is 0 Å². The van der Waals surface area contributed by atoms with Gasteiger partial charge in [0, 0.05) is 6.07 Å². The molecule has 8 nitrogen and oxygen atoms in total. The van der Waals surface area contributed by atoms with E-state index in [0.717, 1.165) is 0 Å². The van der Waals surface area contributed by atoms with Crippen LogP contribution in [0.3, 0.4) is 0 Å². The van der Waals surface area contributed by atoms with Crippen LogP contribution in [0, 0.1) is 10.1 Å². The number of pyridine rings is 1. The molecule has 0 aliphatic carbocycles. The van der Waals surface area contributed by atoms with Crippen molar-refractivity contribution in [2.45, 2.75) is 0 Å². The first kappa shape index (κ1) is 14.1. The van der Waals surface area contributed by atoms with Gasteiger partial charge in [-0.3, -0.25) is 14.9 Å². The number of nitrogens with zero attached hydrogens (tertiary/aromatic N) is 2. The first-order chi connectivity index (χ1) is 9.99. The van der Waals surface area contributed by atoms with Gasteiger partial charge in [0.1, 0.15) is 11.4 Å². The van der Waals surface area contributed by atoms with Gasteiger partial charge in [-0.05, 0) is 18.2 Å². The maximum absolute atomic E-state index is 12.0. The van der Waals surface area contributed by atoms with Gasteiger partial charge in [-0.2, -0.15) is 0 Å². The number of para-hydroxylation sites is 1. The smallest absolute Gasteiger partial charge is 0.354 e. The zero-order chi connectivity index (χ0) is 15.4. The second-order valence-corrected chi connectivity index (χ2v) is 3.94. The average molecular weight is 287 g/mol. The fourth-order valence-electron chi connectivity index (χ4n) is 1.63. The molecule has 1 heterocycles. The maximum Gasteiger partial charge on any atom is 0.354 e. The van der Waals surface area contributed by atoms with Crippen LogP contribution in [-0.4, -0.2) is 26.9 Å². The summed E-state index contributed by atoms with van der Waals surface area (Å²) >= 11 is 0. The molecule has 0 atom stereocenters. The molecule has 0 aliphatic heterocycles. The highest BCUT2D eigenvalue weighted by Crippen LogP contribution is 2.18. The third kappa shape index (κ3) is 3.18. The molecule has 0 aliphatic rings. The van der Waals surface area contributed by atoms with Crippen LogP contribution in [0.4, 0.5) is 11.5 Å².